The summed E-state index contributed by atoms with van der Waals surface area (Å²) in [5.41, 5.74) is 12.3. The van der Waals surface area contributed by atoms with Crippen LogP contribution in [0.2, 0.25) is 0 Å². The second kappa shape index (κ2) is 18.3. The van der Waals surface area contributed by atoms with Crippen molar-refractivity contribution >= 4 is 40.9 Å². The number of rotatable bonds is 11. The number of hydrogen-bond donors (Lipinski definition) is 3. The monoisotopic (exact) mass is 682 g/mol. The summed E-state index contributed by atoms with van der Waals surface area (Å²) in [6.07, 6.45) is -6.96. The molecule has 4 aromatic rings. The van der Waals surface area contributed by atoms with E-state index < -0.39 is 36.3 Å². The summed E-state index contributed by atoms with van der Waals surface area (Å²) in [6.45, 7) is -0.0885. The molecule has 4 rings (SSSR count). The summed E-state index contributed by atoms with van der Waals surface area (Å²) >= 11 is 0. The Morgan fingerprint density at radius 1 is 0.755 bits per heavy atom. The molecule has 0 aliphatic heterocycles. The van der Waals surface area contributed by atoms with Crippen LogP contribution in [0.25, 0.3) is 10.8 Å². The van der Waals surface area contributed by atoms with Crippen LogP contribution in [0.15, 0.2) is 108 Å². The molecule has 2 amide bonds. The normalized spacial score (nSPS) is 11.2. The van der Waals surface area contributed by atoms with Gasteiger partial charge < -0.3 is 30.8 Å². The Kier molecular flexibility index (Phi) is 13.9. The average Bonchev–Trinajstić information content (AvgIpc) is 3.08. The minimum absolute atomic E-state index is 0.0126. The number of carbonyl (C=O) groups is 4. The van der Waals surface area contributed by atoms with Crippen molar-refractivity contribution in [1.29, 1.82) is 0 Å². The Morgan fingerprint density at radius 3 is 1.76 bits per heavy atom. The summed E-state index contributed by atoms with van der Waals surface area (Å²) in [5, 5.41) is 8.67. The van der Waals surface area contributed by atoms with E-state index >= 15 is 0 Å². The summed E-state index contributed by atoms with van der Waals surface area (Å²) < 4.78 is 48.5. The highest BCUT2D eigenvalue weighted by molar-refractivity contribution is 5.96. The molecule has 5 N–H and O–H groups in total. The number of esters is 1. The van der Waals surface area contributed by atoms with Crippen molar-refractivity contribution in [3.8, 4) is 5.75 Å². The van der Waals surface area contributed by atoms with E-state index in [-0.39, 0.29) is 44.3 Å². The molecule has 0 spiro atoms. The zero-order chi connectivity index (χ0) is 35.8. The largest absolute Gasteiger partial charge is 0.490 e. The van der Waals surface area contributed by atoms with E-state index in [1.165, 1.54) is 0 Å². The maximum absolute atomic E-state index is 13.7. The van der Waals surface area contributed by atoms with Crippen LogP contribution in [0.5, 0.6) is 5.75 Å². The number of carboxylic acid groups (broad SMARTS) is 1. The molecule has 49 heavy (non-hydrogen) atoms. The van der Waals surface area contributed by atoms with Gasteiger partial charge in [-0.1, -0.05) is 97.1 Å². The fraction of sp³-hybridized carbons (Fsp3) is 0.206. The number of fused-ring (bicyclic) bond motifs is 1. The molecule has 0 aromatic heterocycles. The number of halogens is 3. The predicted octanol–water partition coefficient (Wildman–Crippen LogP) is 5.78. The van der Waals surface area contributed by atoms with Gasteiger partial charge in [-0.3, -0.25) is 4.99 Å². The fourth-order valence-electron chi connectivity index (χ4n) is 4.21. The lowest BCUT2D eigenvalue weighted by Crippen LogP contribution is -2.50. The maximum Gasteiger partial charge on any atom is 0.490 e. The number of carboxylic acids is 1. The topological polar surface area (TPSA) is 184 Å². The number of nitrogens with zero attached hydrogens (tertiary/aromatic N) is 2. The van der Waals surface area contributed by atoms with Crippen LogP contribution < -0.4 is 16.2 Å². The molecule has 4 aromatic carbocycles. The lowest BCUT2D eigenvalue weighted by Gasteiger charge is -2.27. The Morgan fingerprint density at radius 2 is 1.24 bits per heavy atom. The highest BCUT2D eigenvalue weighted by atomic mass is 19.4. The van der Waals surface area contributed by atoms with E-state index in [4.69, 9.17) is 35.6 Å². The van der Waals surface area contributed by atoms with Crippen LogP contribution in [-0.2, 0) is 32.3 Å². The molecule has 0 saturated carbocycles. The van der Waals surface area contributed by atoms with Gasteiger partial charge in [0.1, 0.15) is 25.0 Å². The molecule has 0 aliphatic carbocycles. The fourth-order valence-corrected chi connectivity index (χ4v) is 4.21. The van der Waals surface area contributed by atoms with E-state index in [2.05, 4.69) is 4.99 Å². The minimum Gasteiger partial charge on any atom is -0.475 e. The standard InChI is InChI=1S/C32H32N4O6.C2HF3O2/c33-30(34)35-20-10-18-27(29(37)42-28-19-9-16-25-15-7-8-17-26(25)28)36(31(38)40-21-23-11-3-1-4-12-23)32(39)41-22-24-13-5-2-6-14-24;3-2(4,5)1(6)7/h1-9,11-17,19,27H,10,18,20-22H2,(H4,33,34,35);(H,6,7)/t27-;/m0./s1. The van der Waals surface area contributed by atoms with Crippen LogP contribution in [0.1, 0.15) is 24.0 Å². The first-order valence-corrected chi connectivity index (χ1v) is 14.6. The molecule has 0 fully saturated rings. The lowest BCUT2D eigenvalue weighted by atomic mass is 10.1. The van der Waals surface area contributed by atoms with Gasteiger partial charge in [-0.15, -0.1) is 0 Å². The number of nitrogens with two attached hydrogens (primary N) is 2. The predicted molar refractivity (Wildman–Crippen MR) is 172 cm³/mol. The van der Waals surface area contributed by atoms with Gasteiger partial charge in [0.2, 0.25) is 0 Å². The van der Waals surface area contributed by atoms with E-state index in [0.717, 1.165) is 5.39 Å². The number of aliphatic carboxylic acids is 1. The number of carbonyl (C=O) groups excluding carboxylic acids is 3. The highest BCUT2D eigenvalue weighted by Crippen LogP contribution is 2.27. The lowest BCUT2D eigenvalue weighted by molar-refractivity contribution is -0.192. The van der Waals surface area contributed by atoms with Gasteiger partial charge >= 0.3 is 30.3 Å². The van der Waals surface area contributed by atoms with Crippen LogP contribution in [0.4, 0.5) is 22.8 Å². The molecule has 0 heterocycles. The number of aliphatic imine (C=N–C) groups is 1. The molecule has 0 radical (unpaired) electrons. The maximum atomic E-state index is 13.7. The van der Waals surface area contributed by atoms with E-state index in [1.807, 2.05) is 42.5 Å². The first-order valence-electron chi connectivity index (χ1n) is 14.6. The van der Waals surface area contributed by atoms with Crippen LogP contribution in [-0.4, -0.2) is 58.9 Å². The molecule has 1 atom stereocenters. The van der Waals surface area contributed by atoms with Crippen LogP contribution >= 0.6 is 0 Å². The van der Waals surface area contributed by atoms with Crippen molar-refractivity contribution in [2.24, 2.45) is 16.5 Å². The van der Waals surface area contributed by atoms with Gasteiger partial charge in [0, 0.05) is 11.9 Å². The number of ether oxygens (including phenoxy) is 3. The number of benzene rings is 4. The van der Waals surface area contributed by atoms with E-state index in [0.29, 0.717) is 21.4 Å². The van der Waals surface area contributed by atoms with Gasteiger partial charge in [0.05, 0.1) is 0 Å². The van der Waals surface area contributed by atoms with Crippen molar-refractivity contribution in [3.63, 3.8) is 0 Å². The second-order valence-corrected chi connectivity index (χ2v) is 10.1. The summed E-state index contributed by atoms with van der Waals surface area (Å²) in [5.74, 6) is -3.44. The first kappa shape index (κ1) is 37.3. The summed E-state index contributed by atoms with van der Waals surface area (Å²) in [7, 11) is 0. The summed E-state index contributed by atoms with van der Waals surface area (Å²) in [6, 6.07) is 29.2. The first-order chi connectivity index (χ1) is 23.4. The van der Waals surface area contributed by atoms with Crippen LogP contribution in [0.3, 0.4) is 0 Å². The van der Waals surface area contributed by atoms with Gasteiger partial charge in [0.15, 0.2) is 5.96 Å². The van der Waals surface area contributed by atoms with Gasteiger partial charge in [-0.25, -0.2) is 19.2 Å². The van der Waals surface area contributed by atoms with Gasteiger partial charge in [-0.05, 0) is 35.4 Å². The average molecular weight is 683 g/mol. The molecule has 0 bridgehead atoms. The van der Waals surface area contributed by atoms with Crippen molar-refractivity contribution in [3.05, 3.63) is 114 Å². The molecule has 15 heteroatoms. The Labute approximate surface area is 278 Å². The molecular formula is C34H33F3N4O8. The van der Waals surface area contributed by atoms with Crippen molar-refractivity contribution in [2.45, 2.75) is 38.3 Å². The molecule has 0 saturated heterocycles. The van der Waals surface area contributed by atoms with Gasteiger partial charge in [0.25, 0.3) is 0 Å². The highest BCUT2D eigenvalue weighted by Gasteiger charge is 2.39. The SMILES string of the molecule is NC(N)=NCCC[C@@H](C(=O)Oc1cccc2ccccc12)N(C(=O)OCc1ccccc1)C(=O)OCc1ccccc1.O=C(O)C(F)(F)F. The Bertz CT molecular complexity index is 1670. The molecule has 0 aliphatic rings. The van der Waals surface area contributed by atoms with Gasteiger partial charge in [-0.2, -0.15) is 18.1 Å². The van der Waals surface area contributed by atoms with E-state index in [1.54, 1.807) is 60.7 Å². The van der Waals surface area contributed by atoms with Crippen molar-refractivity contribution in [2.75, 3.05) is 6.54 Å². The smallest absolute Gasteiger partial charge is 0.475 e. The number of imide groups is 1. The molecular weight excluding hydrogens is 649 g/mol. The van der Waals surface area contributed by atoms with Crippen molar-refractivity contribution in [1.82, 2.24) is 4.90 Å². The molecule has 12 nitrogen and oxygen atoms in total. The number of alkyl halides is 3. The third kappa shape index (κ3) is 12.2. The third-order valence-corrected chi connectivity index (χ3v) is 6.52. The molecule has 0 unspecified atom stereocenters. The zero-order valence-electron chi connectivity index (χ0n) is 25.9. The number of hydrogen-bond acceptors (Lipinski definition) is 8. The zero-order valence-corrected chi connectivity index (χ0v) is 25.9. The molecule has 258 valence electrons. The van der Waals surface area contributed by atoms with E-state index in [9.17, 15) is 27.6 Å². The quantitative estimate of drug-likeness (QED) is 0.0577. The van der Waals surface area contributed by atoms with Crippen LogP contribution in [0, 0.1) is 0 Å². The Balaban J connectivity index is 0.000000838. The number of guanidine groups is 1. The Hall–Kier alpha value is -6.12. The second-order valence-electron chi connectivity index (χ2n) is 10.1. The van der Waals surface area contributed by atoms with Crippen molar-refractivity contribution < 1.29 is 51.7 Å². The summed E-state index contributed by atoms with van der Waals surface area (Å²) in [4.78, 5) is 54.1. The third-order valence-electron chi connectivity index (χ3n) is 6.52. The number of amides is 2. The minimum atomic E-state index is -5.08.